The lowest BCUT2D eigenvalue weighted by molar-refractivity contribution is 0.113. The zero-order valence-electron chi connectivity index (χ0n) is 12.9. The maximum absolute atomic E-state index is 5.72. The van der Waals surface area contributed by atoms with Gasteiger partial charge in [-0.1, -0.05) is 18.5 Å². The normalized spacial score (nSPS) is 23.1. The van der Waals surface area contributed by atoms with E-state index in [4.69, 9.17) is 10.3 Å². The van der Waals surface area contributed by atoms with Gasteiger partial charge in [0.15, 0.2) is 5.82 Å². The lowest BCUT2D eigenvalue weighted by atomic mass is 10.0. The second-order valence-corrected chi connectivity index (χ2v) is 5.92. The summed E-state index contributed by atoms with van der Waals surface area (Å²) < 4.78 is 5.35. The molecule has 1 saturated heterocycles. The van der Waals surface area contributed by atoms with E-state index in [1.165, 1.54) is 0 Å². The Labute approximate surface area is 121 Å². The molecule has 1 aliphatic heterocycles. The van der Waals surface area contributed by atoms with E-state index in [-0.39, 0.29) is 0 Å². The summed E-state index contributed by atoms with van der Waals surface area (Å²) in [5.74, 6) is 1.98. The Kier molecular flexibility index (Phi) is 5.51. The number of nitrogens with zero attached hydrogens (tertiary/aromatic N) is 4. The smallest absolute Gasteiger partial charge is 0.226 e. The molecule has 6 nitrogen and oxygen atoms in total. The van der Waals surface area contributed by atoms with Gasteiger partial charge in [-0.05, 0) is 26.6 Å². The predicted octanol–water partition coefficient (Wildman–Crippen LogP) is 0.385. The van der Waals surface area contributed by atoms with Crippen LogP contribution in [0.25, 0.3) is 0 Å². The third-order valence-corrected chi connectivity index (χ3v) is 4.28. The van der Waals surface area contributed by atoms with Crippen molar-refractivity contribution in [3.63, 3.8) is 0 Å². The van der Waals surface area contributed by atoms with Crippen molar-refractivity contribution in [2.45, 2.75) is 32.2 Å². The van der Waals surface area contributed by atoms with Gasteiger partial charge in [0.05, 0.1) is 0 Å². The number of rotatable bonds is 6. The van der Waals surface area contributed by atoms with Crippen molar-refractivity contribution < 1.29 is 4.52 Å². The van der Waals surface area contributed by atoms with Crippen molar-refractivity contribution >= 4 is 0 Å². The highest BCUT2D eigenvalue weighted by Gasteiger charge is 2.24. The number of hydrogen-bond acceptors (Lipinski definition) is 6. The van der Waals surface area contributed by atoms with E-state index in [2.05, 4.69) is 41.0 Å². The molecular formula is C14H27N5O. The molecule has 0 saturated carbocycles. The highest BCUT2D eigenvalue weighted by Crippen LogP contribution is 2.13. The highest BCUT2D eigenvalue weighted by atomic mass is 16.5. The van der Waals surface area contributed by atoms with Gasteiger partial charge in [0.2, 0.25) is 5.89 Å². The molecule has 1 aliphatic rings. The van der Waals surface area contributed by atoms with E-state index in [9.17, 15) is 0 Å². The van der Waals surface area contributed by atoms with Crippen LogP contribution in [0.3, 0.4) is 0 Å². The molecule has 0 amide bonds. The maximum atomic E-state index is 5.72. The summed E-state index contributed by atoms with van der Waals surface area (Å²) in [5.41, 5.74) is 5.72. The first-order valence-corrected chi connectivity index (χ1v) is 7.52. The number of aromatic nitrogens is 2. The molecule has 2 N–H and O–H groups in total. The van der Waals surface area contributed by atoms with Gasteiger partial charge in [-0.3, -0.25) is 0 Å². The van der Waals surface area contributed by atoms with Gasteiger partial charge < -0.3 is 20.1 Å². The Morgan fingerprint density at radius 2 is 2.20 bits per heavy atom. The molecule has 20 heavy (non-hydrogen) atoms. The molecule has 0 aliphatic carbocycles. The summed E-state index contributed by atoms with van der Waals surface area (Å²) in [5, 5.41) is 4.12. The van der Waals surface area contributed by atoms with Crippen LogP contribution in [-0.2, 0) is 12.8 Å². The number of piperazine rings is 1. The fourth-order valence-corrected chi connectivity index (χ4v) is 2.63. The Hall–Kier alpha value is -0.980. The van der Waals surface area contributed by atoms with Crippen molar-refractivity contribution in [1.82, 2.24) is 19.9 Å². The Morgan fingerprint density at radius 3 is 2.90 bits per heavy atom. The Morgan fingerprint density at radius 1 is 1.40 bits per heavy atom. The maximum Gasteiger partial charge on any atom is 0.226 e. The fraction of sp³-hybridized carbons (Fsp3) is 0.857. The van der Waals surface area contributed by atoms with Crippen molar-refractivity contribution in [1.29, 1.82) is 0 Å². The molecular weight excluding hydrogens is 254 g/mol. The van der Waals surface area contributed by atoms with Gasteiger partial charge >= 0.3 is 0 Å². The summed E-state index contributed by atoms with van der Waals surface area (Å²) in [6.45, 7) is 6.09. The first kappa shape index (κ1) is 15.4. The molecule has 114 valence electrons. The Balaban J connectivity index is 1.91. The van der Waals surface area contributed by atoms with Gasteiger partial charge in [0, 0.05) is 38.5 Å². The van der Waals surface area contributed by atoms with Gasteiger partial charge in [-0.25, -0.2) is 0 Å². The molecule has 0 bridgehead atoms. The van der Waals surface area contributed by atoms with E-state index >= 15 is 0 Å². The second-order valence-electron chi connectivity index (χ2n) is 5.92. The van der Waals surface area contributed by atoms with Crippen LogP contribution in [0.5, 0.6) is 0 Å². The van der Waals surface area contributed by atoms with Crippen LogP contribution in [0.4, 0.5) is 0 Å². The quantitative estimate of drug-likeness (QED) is 0.813. The molecule has 2 heterocycles. The average Bonchev–Trinajstić information content (AvgIpc) is 2.87. The minimum absolute atomic E-state index is 0.437. The third-order valence-electron chi connectivity index (χ3n) is 4.28. The largest absolute Gasteiger partial charge is 0.339 e. The molecule has 1 fully saturated rings. The summed E-state index contributed by atoms with van der Waals surface area (Å²) >= 11 is 0. The highest BCUT2D eigenvalue weighted by molar-refractivity contribution is 4.93. The molecule has 2 atom stereocenters. The molecule has 6 heteroatoms. The topological polar surface area (TPSA) is 71.4 Å². The summed E-state index contributed by atoms with van der Waals surface area (Å²) in [6.07, 6.45) is 2.69. The summed E-state index contributed by atoms with van der Waals surface area (Å²) in [6, 6.07) is 0.468. The molecule has 1 aromatic rings. The molecule has 2 unspecified atom stereocenters. The van der Waals surface area contributed by atoms with Crippen LogP contribution < -0.4 is 5.73 Å². The van der Waals surface area contributed by atoms with Crippen molar-refractivity contribution in [2.24, 2.45) is 11.7 Å². The van der Waals surface area contributed by atoms with E-state index < -0.39 is 0 Å². The van der Waals surface area contributed by atoms with E-state index in [0.717, 1.165) is 50.6 Å². The first-order chi connectivity index (χ1) is 9.62. The number of hydrogen-bond donors (Lipinski definition) is 1. The molecule has 0 radical (unpaired) electrons. The monoisotopic (exact) mass is 281 g/mol. The van der Waals surface area contributed by atoms with E-state index in [1.807, 2.05) is 0 Å². The molecule has 1 aromatic heterocycles. The zero-order chi connectivity index (χ0) is 14.5. The van der Waals surface area contributed by atoms with Crippen LogP contribution in [0.2, 0.25) is 0 Å². The SMILES string of the molecule is CCC(CN)Cc1nc(CC2CN(C)CCN2C)no1. The molecule has 2 rings (SSSR count). The fourth-order valence-electron chi connectivity index (χ4n) is 2.63. The van der Waals surface area contributed by atoms with Crippen molar-refractivity contribution in [2.75, 3.05) is 40.3 Å². The molecule has 0 aromatic carbocycles. The van der Waals surface area contributed by atoms with Crippen LogP contribution in [0.15, 0.2) is 4.52 Å². The molecule has 0 spiro atoms. The third kappa shape index (κ3) is 4.01. The van der Waals surface area contributed by atoms with Crippen LogP contribution in [0, 0.1) is 5.92 Å². The van der Waals surface area contributed by atoms with Crippen LogP contribution in [0.1, 0.15) is 25.1 Å². The summed E-state index contributed by atoms with van der Waals surface area (Å²) in [7, 11) is 4.33. The lowest BCUT2D eigenvalue weighted by Gasteiger charge is -2.37. The van der Waals surface area contributed by atoms with Crippen molar-refractivity contribution in [3.8, 4) is 0 Å². The number of likely N-dealkylation sites (N-methyl/N-ethyl adjacent to an activating group) is 2. The van der Waals surface area contributed by atoms with E-state index in [1.54, 1.807) is 0 Å². The minimum Gasteiger partial charge on any atom is -0.339 e. The van der Waals surface area contributed by atoms with Crippen LogP contribution >= 0.6 is 0 Å². The predicted molar refractivity (Wildman–Crippen MR) is 78.5 cm³/mol. The minimum atomic E-state index is 0.437. The Bertz CT molecular complexity index is 404. The van der Waals surface area contributed by atoms with Gasteiger partial charge in [0.25, 0.3) is 0 Å². The zero-order valence-corrected chi connectivity index (χ0v) is 12.9. The average molecular weight is 281 g/mol. The second kappa shape index (κ2) is 7.15. The number of nitrogens with two attached hydrogens (primary N) is 1. The van der Waals surface area contributed by atoms with Crippen LogP contribution in [-0.4, -0.2) is 66.3 Å². The van der Waals surface area contributed by atoms with Gasteiger partial charge in [0.1, 0.15) is 0 Å². The first-order valence-electron chi connectivity index (χ1n) is 7.52. The summed E-state index contributed by atoms with van der Waals surface area (Å²) in [4.78, 5) is 9.26. The van der Waals surface area contributed by atoms with Crippen molar-refractivity contribution in [3.05, 3.63) is 11.7 Å². The van der Waals surface area contributed by atoms with E-state index in [0.29, 0.717) is 18.5 Å². The lowest BCUT2D eigenvalue weighted by Crippen LogP contribution is -2.50. The van der Waals surface area contributed by atoms with Gasteiger partial charge in [-0.2, -0.15) is 4.98 Å². The standard InChI is InChI=1S/C14H27N5O/c1-4-11(9-15)7-14-16-13(17-20-14)8-12-10-18(2)5-6-19(12)3/h11-12H,4-10,15H2,1-3H3. The van der Waals surface area contributed by atoms with Gasteiger partial charge in [-0.15, -0.1) is 0 Å².